The molecular formula is C36H52N4O3. The number of nitrogens with zero attached hydrogens (tertiary/aromatic N) is 3. The molecule has 0 saturated heterocycles. The van der Waals surface area contributed by atoms with Crippen molar-refractivity contribution in [2.45, 2.75) is 103 Å². The van der Waals surface area contributed by atoms with Crippen LogP contribution in [-0.2, 0) is 10.2 Å². The lowest BCUT2D eigenvalue weighted by molar-refractivity contribution is -0.124. The van der Waals surface area contributed by atoms with Crippen LogP contribution < -0.4 is 15.4 Å². The van der Waals surface area contributed by atoms with E-state index in [1.54, 1.807) is 13.3 Å². The summed E-state index contributed by atoms with van der Waals surface area (Å²) >= 11 is 0. The number of carbonyl (C=O) groups excluding carboxylic acids is 1. The van der Waals surface area contributed by atoms with Gasteiger partial charge >= 0.3 is 0 Å². The van der Waals surface area contributed by atoms with Gasteiger partial charge in [0.15, 0.2) is 0 Å². The van der Waals surface area contributed by atoms with Crippen molar-refractivity contribution in [1.82, 2.24) is 4.98 Å². The summed E-state index contributed by atoms with van der Waals surface area (Å²) in [6, 6.07) is 10.9. The van der Waals surface area contributed by atoms with Gasteiger partial charge in [0.25, 0.3) is 0 Å². The zero-order chi connectivity index (χ0) is 31.0. The number of pyridine rings is 1. The maximum absolute atomic E-state index is 14.2. The Balaban J connectivity index is 0.00000207. The minimum atomic E-state index is 0.0891. The Labute approximate surface area is 258 Å². The third-order valence-electron chi connectivity index (χ3n) is 10.2. The number of aryl methyl sites for hydroxylation is 1. The molecule has 43 heavy (non-hydrogen) atoms. The van der Waals surface area contributed by atoms with Crippen molar-refractivity contribution in [3.05, 3.63) is 59.4 Å². The van der Waals surface area contributed by atoms with Crippen LogP contribution in [0.5, 0.6) is 5.75 Å². The topological polar surface area (TPSA) is 101 Å². The number of aliphatic imine (C=N–C) groups is 1. The van der Waals surface area contributed by atoms with E-state index in [0.717, 1.165) is 81.3 Å². The lowest BCUT2D eigenvalue weighted by atomic mass is 9.51. The summed E-state index contributed by atoms with van der Waals surface area (Å²) in [5, 5.41) is 7.00. The number of benzene rings is 1. The van der Waals surface area contributed by atoms with Crippen molar-refractivity contribution in [3.63, 3.8) is 0 Å². The fourth-order valence-electron chi connectivity index (χ4n) is 7.51. The first-order valence-electron chi connectivity index (χ1n) is 16.1. The second-order valence-corrected chi connectivity index (χ2v) is 13.1. The number of nitrogens with two attached hydrogens (primary N) is 1. The number of fused-ring (bicyclic) bond motifs is 3. The molecule has 7 nitrogen and oxygen atoms in total. The van der Waals surface area contributed by atoms with E-state index in [-0.39, 0.29) is 28.7 Å². The molecule has 4 aliphatic rings. The summed E-state index contributed by atoms with van der Waals surface area (Å²) in [5.41, 5.74) is 10.9. The highest BCUT2D eigenvalue weighted by Crippen LogP contribution is 2.58. The normalized spacial score (nSPS) is 24.1. The number of aromatic nitrogens is 1. The largest absolute Gasteiger partial charge is 0.496 e. The molecule has 4 fully saturated rings. The summed E-state index contributed by atoms with van der Waals surface area (Å²) < 4.78 is 5.53. The number of anilines is 1. The molecule has 1 aromatic heterocycles. The van der Waals surface area contributed by atoms with Gasteiger partial charge in [-0.05, 0) is 118 Å². The molecule has 1 amide bonds. The molecule has 7 heteroatoms. The first kappa shape index (κ1) is 32.7. The van der Waals surface area contributed by atoms with Gasteiger partial charge in [0.1, 0.15) is 11.6 Å². The summed E-state index contributed by atoms with van der Waals surface area (Å²) in [5.74, 6) is 2.05. The van der Waals surface area contributed by atoms with Gasteiger partial charge < -0.3 is 15.6 Å². The average Bonchev–Trinajstić information content (AvgIpc) is 3.06. The van der Waals surface area contributed by atoms with Gasteiger partial charge in [-0.3, -0.25) is 14.7 Å². The lowest BCUT2D eigenvalue weighted by Crippen LogP contribution is -2.51. The number of hydrogen-bond acceptors (Lipinski definition) is 6. The number of allylic oxidation sites excluding steroid dienone is 1. The number of ether oxygens (including phenoxy) is 1. The quantitative estimate of drug-likeness (QED) is 0.308. The van der Waals surface area contributed by atoms with Gasteiger partial charge in [-0.2, -0.15) is 0 Å². The zero-order valence-corrected chi connectivity index (χ0v) is 26.9. The van der Waals surface area contributed by atoms with Gasteiger partial charge in [0.2, 0.25) is 5.91 Å². The average molecular weight is 589 g/mol. The number of rotatable bonds is 9. The smallest absolute Gasteiger partial charge is 0.231 e. The summed E-state index contributed by atoms with van der Waals surface area (Å²) in [7, 11) is 2.74. The zero-order valence-electron chi connectivity index (χ0n) is 26.9. The Morgan fingerprint density at radius 1 is 1.09 bits per heavy atom. The van der Waals surface area contributed by atoms with E-state index in [9.17, 15) is 4.79 Å². The van der Waals surface area contributed by atoms with Crippen LogP contribution in [0, 0.1) is 18.3 Å². The van der Waals surface area contributed by atoms with E-state index in [2.05, 4.69) is 35.0 Å². The van der Waals surface area contributed by atoms with Gasteiger partial charge in [-0.25, -0.2) is 4.98 Å². The first-order chi connectivity index (χ1) is 20.8. The highest BCUT2D eigenvalue weighted by atomic mass is 16.5. The van der Waals surface area contributed by atoms with Gasteiger partial charge in [-0.15, -0.1) is 0 Å². The summed E-state index contributed by atoms with van der Waals surface area (Å²) in [4.78, 5) is 25.6. The van der Waals surface area contributed by atoms with Crippen molar-refractivity contribution in [1.29, 1.82) is 0 Å². The molecule has 4 saturated carbocycles. The number of aliphatic hydroxyl groups is 1. The van der Waals surface area contributed by atoms with E-state index in [4.69, 9.17) is 20.6 Å². The van der Waals surface area contributed by atoms with E-state index in [0.29, 0.717) is 0 Å². The molecule has 6 rings (SSSR count). The summed E-state index contributed by atoms with van der Waals surface area (Å²) in [6.45, 7) is 6.99. The Morgan fingerprint density at radius 3 is 2.35 bits per heavy atom. The predicted octanol–water partition coefficient (Wildman–Crippen LogP) is 6.99. The molecule has 0 atom stereocenters. The van der Waals surface area contributed by atoms with Crippen LogP contribution in [0.3, 0.4) is 0 Å². The minimum Gasteiger partial charge on any atom is -0.496 e. The second-order valence-electron chi connectivity index (χ2n) is 13.1. The SMILES string of the molecule is CO.COc1ccc(C23CCC(CN(C(=O)C4CCCCC4)c4cc(/C(C=NC(C)C)=C/N)ccn4)(CC2)CC3)cc1C. The molecule has 0 unspecified atom stereocenters. The van der Waals surface area contributed by atoms with Gasteiger partial charge in [0.05, 0.1) is 7.11 Å². The third-order valence-corrected chi connectivity index (χ3v) is 10.2. The second kappa shape index (κ2) is 14.5. The van der Waals surface area contributed by atoms with E-state index in [1.165, 1.54) is 36.8 Å². The Morgan fingerprint density at radius 2 is 1.77 bits per heavy atom. The van der Waals surface area contributed by atoms with Crippen LogP contribution in [0.2, 0.25) is 0 Å². The Bertz CT molecular complexity index is 1270. The third kappa shape index (κ3) is 7.31. The molecule has 2 aromatic rings. The number of carbonyl (C=O) groups is 1. The number of hydrogen-bond donors (Lipinski definition) is 2. The number of aliphatic hydroxyl groups excluding tert-OH is 1. The lowest BCUT2D eigenvalue weighted by Gasteiger charge is -2.55. The van der Waals surface area contributed by atoms with Gasteiger partial charge in [-0.1, -0.05) is 31.4 Å². The fourth-order valence-corrected chi connectivity index (χ4v) is 7.51. The van der Waals surface area contributed by atoms with Crippen LogP contribution in [0.25, 0.3) is 5.57 Å². The van der Waals surface area contributed by atoms with Crippen molar-refractivity contribution < 1.29 is 14.6 Å². The number of amides is 1. The molecule has 0 radical (unpaired) electrons. The molecular weight excluding hydrogens is 536 g/mol. The highest BCUT2D eigenvalue weighted by Gasteiger charge is 2.50. The van der Waals surface area contributed by atoms with E-state index in [1.807, 2.05) is 38.4 Å². The molecule has 3 N–H and O–H groups in total. The van der Waals surface area contributed by atoms with Gasteiger partial charge in [0, 0.05) is 49.8 Å². The molecule has 1 aromatic carbocycles. The number of methoxy groups -OCH3 is 1. The standard InChI is InChI=1S/C35H48N4O2.CH4O/c1-25(2)38-23-29(22-36)28-12-19-37-32(21-28)39(33(40)27-8-6-5-7-9-27)24-34-13-16-35(17-14-34,18-15-34)30-10-11-31(41-4)26(3)20-30;1-2/h10-12,19-23,25,27H,5-9,13-18,24,36H2,1-4H3;2H,1H3/b29-22+,38-23?;. The molecule has 1 heterocycles. The maximum atomic E-state index is 14.2. The Hall–Kier alpha value is -3.19. The molecule has 0 spiro atoms. The van der Waals surface area contributed by atoms with Crippen molar-refractivity contribution in [2.24, 2.45) is 22.1 Å². The van der Waals surface area contributed by atoms with Crippen molar-refractivity contribution >= 4 is 23.5 Å². The van der Waals surface area contributed by atoms with E-state index >= 15 is 0 Å². The molecule has 2 bridgehead atoms. The van der Waals surface area contributed by atoms with Crippen LogP contribution >= 0.6 is 0 Å². The molecule has 234 valence electrons. The molecule has 0 aliphatic heterocycles. The van der Waals surface area contributed by atoms with Crippen LogP contribution in [-0.4, -0.2) is 49.0 Å². The monoisotopic (exact) mass is 588 g/mol. The Kier molecular flexibility index (Phi) is 11.0. The van der Waals surface area contributed by atoms with Crippen molar-refractivity contribution in [3.8, 4) is 5.75 Å². The predicted molar refractivity (Wildman–Crippen MR) is 177 cm³/mol. The van der Waals surface area contributed by atoms with Crippen LogP contribution in [0.4, 0.5) is 5.82 Å². The summed E-state index contributed by atoms with van der Waals surface area (Å²) in [6.07, 6.45) is 17.6. The van der Waals surface area contributed by atoms with E-state index < -0.39 is 0 Å². The first-order valence-corrected chi connectivity index (χ1v) is 16.1. The van der Waals surface area contributed by atoms with Crippen LogP contribution in [0.1, 0.15) is 101 Å². The minimum absolute atomic E-state index is 0.0891. The maximum Gasteiger partial charge on any atom is 0.231 e. The fraction of sp³-hybridized carbons (Fsp3) is 0.583. The molecule has 4 aliphatic carbocycles. The van der Waals surface area contributed by atoms with Crippen LogP contribution in [0.15, 0.2) is 47.7 Å². The van der Waals surface area contributed by atoms with Crippen molar-refractivity contribution in [2.75, 3.05) is 25.7 Å². The highest BCUT2D eigenvalue weighted by molar-refractivity contribution is 6.10.